The van der Waals surface area contributed by atoms with E-state index >= 15 is 0 Å². The first kappa shape index (κ1) is 17.6. The number of para-hydroxylation sites is 2. The van der Waals surface area contributed by atoms with E-state index in [9.17, 15) is 9.59 Å². The smallest absolute Gasteiger partial charge is 0.257 e. The molecule has 2 aliphatic heterocycles. The highest BCUT2D eigenvalue weighted by molar-refractivity contribution is 5.97. The van der Waals surface area contributed by atoms with Crippen molar-refractivity contribution in [1.82, 2.24) is 4.90 Å². The first-order valence-corrected chi connectivity index (χ1v) is 9.68. The summed E-state index contributed by atoms with van der Waals surface area (Å²) in [6.45, 7) is 3.19. The summed E-state index contributed by atoms with van der Waals surface area (Å²) in [7, 11) is 0. The first-order chi connectivity index (χ1) is 13.2. The first-order valence-electron chi connectivity index (χ1n) is 9.68. The van der Waals surface area contributed by atoms with Crippen LogP contribution in [0.2, 0.25) is 0 Å². The van der Waals surface area contributed by atoms with E-state index in [1.807, 2.05) is 18.2 Å². The van der Waals surface area contributed by atoms with Gasteiger partial charge in [0.05, 0.1) is 29.1 Å². The van der Waals surface area contributed by atoms with Crippen molar-refractivity contribution in [3.05, 3.63) is 48.4 Å². The van der Waals surface area contributed by atoms with Crippen LogP contribution < -0.4 is 10.2 Å². The second-order valence-electron chi connectivity index (χ2n) is 7.30. The van der Waals surface area contributed by atoms with E-state index in [2.05, 4.69) is 16.3 Å². The molecule has 6 heteroatoms. The number of piperidine rings is 1. The van der Waals surface area contributed by atoms with E-state index in [0.717, 1.165) is 37.3 Å². The summed E-state index contributed by atoms with van der Waals surface area (Å²) in [5.41, 5.74) is 2.49. The molecule has 4 rings (SSSR count). The molecule has 0 saturated carbocycles. The van der Waals surface area contributed by atoms with Crippen LogP contribution >= 0.6 is 0 Å². The number of amides is 2. The Balaban J connectivity index is 1.43. The van der Waals surface area contributed by atoms with Gasteiger partial charge < -0.3 is 19.5 Å². The predicted octanol–water partition coefficient (Wildman–Crippen LogP) is 3.37. The minimum Gasteiger partial charge on any atom is -0.472 e. The molecule has 2 saturated heterocycles. The van der Waals surface area contributed by atoms with Crippen molar-refractivity contribution in [2.24, 2.45) is 5.92 Å². The van der Waals surface area contributed by atoms with Gasteiger partial charge in [-0.1, -0.05) is 12.1 Å². The van der Waals surface area contributed by atoms with Gasteiger partial charge in [-0.05, 0) is 43.9 Å². The lowest BCUT2D eigenvalue weighted by atomic mass is 9.96. The molecule has 2 fully saturated rings. The number of anilines is 2. The summed E-state index contributed by atoms with van der Waals surface area (Å²) in [6.07, 6.45) is 6.96. The quantitative estimate of drug-likeness (QED) is 0.900. The third-order valence-electron chi connectivity index (χ3n) is 5.46. The summed E-state index contributed by atoms with van der Waals surface area (Å²) < 4.78 is 5.01. The Morgan fingerprint density at radius 1 is 1.04 bits per heavy atom. The standard InChI is InChI=1S/C21H25N3O3/c25-20(22-18-7-1-2-8-19(18)23-10-3-4-11-23)16-6-5-12-24(14-16)21(26)17-9-13-27-15-17/h1-2,7-9,13,15-16H,3-6,10-12,14H2,(H,22,25)/t16-/m0/s1. The number of hydrogen-bond acceptors (Lipinski definition) is 4. The third kappa shape index (κ3) is 3.84. The molecule has 0 spiro atoms. The van der Waals surface area contributed by atoms with Crippen molar-refractivity contribution < 1.29 is 14.0 Å². The lowest BCUT2D eigenvalue weighted by Crippen LogP contribution is -2.43. The van der Waals surface area contributed by atoms with Crippen molar-refractivity contribution in [2.75, 3.05) is 36.4 Å². The van der Waals surface area contributed by atoms with Crippen LogP contribution in [-0.4, -0.2) is 42.9 Å². The van der Waals surface area contributed by atoms with Gasteiger partial charge in [0.2, 0.25) is 5.91 Å². The van der Waals surface area contributed by atoms with Crippen molar-refractivity contribution >= 4 is 23.2 Å². The molecule has 0 bridgehead atoms. The SMILES string of the molecule is O=C(Nc1ccccc1N1CCCC1)[C@H]1CCCN(C(=O)c2ccoc2)C1. The molecule has 6 nitrogen and oxygen atoms in total. The maximum atomic E-state index is 12.9. The van der Waals surface area contributed by atoms with Crippen molar-refractivity contribution in [3.63, 3.8) is 0 Å². The highest BCUT2D eigenvalue weighted by Crippen LogP contribution is 2.30. The molecule has 0 unspecified atom stereocenters. The number of nitrogens with one attached hydrogen (secondary N) is 1. The van der Waals surface area contributed by atoms with Gasteiger partial charge >= 0.3 is 0 Å². The minimum atomic E-state index is -0.193. The second-order valence-corrected chi connectivity index (χ2v) is 7.30. The molecule has 27 heavy (non-hydrogen) atoms. The zero-order valence-electron chi connectivity index (χ0n) is 15.4. The Labute approximate surface area is 159 Å². The average molecular weight is 367 g/mol. The number of likely N-dealkylation sites (tertiary alicyclic amines) is 1. The number of furan rings is 1. The lowest BCUT2D eigenvalue weighted by molar-refractivity contribution is -0.121. The van der Waals surface area contributed by atoms with Gasteiger partial charge in [0.1, 0.15) is 6.26 Å². The van der Waals surface area contributed by atoms with E-state index in [-0.39, 0.29) is 17.7 Å². The van der Waals surface area contributed by atoms with E-state index in [1.54, 1.807) is 11.0 Å². The highest BCUT2D eigenvalue weighted by Gasteiger charge is 2.30. The summed E-state index contributed by atoms with van der Waals surface area (Å²) in [5.74, 6) is -0.272. The normalized spacial score (nSPS) is 19.9. The average Bonchev–Trinajstić information content (AvgIpc) is 3.42. The van der Waals surface area contributed by atoms with Gasteiger partial charge in [0.15, 0.2) is 0 Å². The molecule has 2 amide bonds. The van der Waals surface area contributed by atoms with Gasteiger partial charge in [-0.15, -0.1) is 0 Å². The van der Waals surface area contributed by atoms with Crippen LogP contribution in [0.5, 0.6) is 0 Å². The van der Waals surface area contributed by atoms with Crippen LogP contribution in [0.1, 0.15) is 36.0 Å². The molecule has 2 aromatic rings. The number of hydrogen-bond donors (Lipinski definition) is 1. The Hall–Kier alpha value is -2.76. The van der Waals surface area contributed by atoms with Gasteiger partial charge in [0.25, 0.3) is 5.91 Å². The topological polar surface area (TPSA) is 65.8 Å². The van der Waals surface area contributed by atoms with Crippen molar-refractivity contribution in [3.8, 4) is 0 Å². The van der Waals surface area contributed by atoms with Gasteiger partial charge in [-0.25, -0.2) is 0 Å². The number of rotatable bonds is 4. The fourth-order valence-electron chi connectivity index (χ4n) is 3.99. The second kappa shape index (κ2) is 7.86. The van der Waals surface area contributed by atoms with Crippen LogP contribution in [0.3, 0.4) is 0 Å². The number of carbonyl (C=O) groups excluding carboxylic acids is 2. The summed E-state index contributed by atoms with van der Waals surface area (Å²) in [4.78, 5) is 29.5. The van der Waals surface area contributed by atoms with Gasteiger partial charge in [-0.2, -0.15) is 0 Å². The van der Waals surface area contributed by atoms with Crippen LogP contribution in [0.25, 0.3) is 0 Å². The Morgan fingerprint density at radius 3 is 2.63 bits per heavy atom. The molecule has 142 valence electrons. The maximum Gasteiger partial charge on any atom is 0.257 e. The highest BCUT2D eigenvalue weighted by atomic mass is 16.3. The van der Waals surface area contributed by atoms with Gasteiger partial charge in [-0.3, -0.25) is 9.59 Å². The Bertz CT molecular complexity index is 797. The molecule has 3 heterocycles. The predicted molar refractivity (Wildman–Crippen MR) is 104 cm³/mol. The van der Waals surface area contributed by atoms with E-state index in [0.29, 0.717) is 18.7 Å². The lowest BCUT2D eigenvalue weighted by Gasteiger charge is -2.32. The Kier molecular flexibility index (Phi) is 5.14. The number of benzene rings is 1. The van der Waals surface area contributed by atoms with Crippen molar-refractivity contribution in [2.45, 2.75) is 25.7 Å². The summed E-state index contributed by atoms with van der Waals surface area (Å²) in [5, 5.41) is 3.11. The largest absolute Gasteiger partial charge is 0.472 e. The monoisotopic (exact) mass is 367 g/mol. The van der Waals surface area contributed by atoms with Crippen molar-refractivity contribution in [1.29, 1.82) is 0 Å². The third-order valence-corrected chi connectivity index (χ3v) is 5.46. The van der Waals surface area contributed by atoms with E-state index in [4.69, 9.17) is 4.42 Å². The molecular weight excluding hydrogens is 342 g/mol. The zero-order valence-corrected chi connectivity index (χ0v) is 15.4. The van der Waals surface area contributed by atoms with Crippen LogP contribution in [0.15, 0.2) is 47.3 Å². The number of carbonyl (C=O) groups is 2. The fraction of sp³-hybridized carbons (Fsp3) is 0.429. The number of nitrogens with zero attached hydrogens (tertiary/aromatic N) is 2. The minimum absolute atomic E-state index is 0.00802. The summed E-state index contributed by atoms with van der Waals surface area (Å²) >= 11 is 0. The van der Waals surface area contributed by atoms with Crippen LogP contribution in [0.4, 0.5) is 11.4 Å². The van der Waals surface area contributed by atoms with Gasteiger partial charge in [0, 0.05) is 26.2 Å². The Morgan fingerprint density at radius 2 is 1.85 bits per heavy atom. The molecule has 0 radical (unpaired) electrons. The summed E-state index contributed by atoms with van der Waals surface area (Å²) in [6, 6.07) is 9.65. The molecule has 1 aromatic carbocycles. The molecule has 1 atom stereocenters. The maximum absolute atomic E-state index is 12.9. The fourth-order valence-corrected chi connectivity index (χ4v) is 3.99. The zero-order chi connectivity index (χ0) is 18.6. The molecule has 0 aliphatic carbocycles. The van der Waals surface area contributed by atoms with Crippen LogP contribution in [-0.2, 0) is 4.79 Å². The van der Waals surface area contributed by atoms with E-state index in [1.165, 1.54) is 25.4 Å². The molecule has 2 aliphatic rings. The van der Waals surface area contributed by atoms with E-state index < -0.39 is 0 Å². The van der Waals surface area contributed by atoms with Crippen LogP contribution in [0, 0.1) is 5.92 Å². The molecular formula is C21H25N3O3. The molecule has 1 N–H and O–H groups in total. The molecule has 1 aromatic heterocycles.